The maximum atomic E-state index is 13.2. The molecule has 1 aromatic carbocycles. The third-order valence-electron chi connectivity index (χ3n) is 3.16. The fourth-order valence-electron chi connectivity index (χ4n) is 2.06. The van der Waals surface area contributed by atoms with Crippen LogP contribution in [0.2, 0.25) is 0 Å². The fourth-order valence-corrected chi connectivity index (χ4v) is 2.06. The van der Waals surface area contributed by atoms with Crippen molar-refractivity contribution in [3.63, 3.8) is 0 Å². The van der Waals surface area contributed by atoms with Crippen LogP contribution in [-0.4, -0.2) is 23.3 Å². The van der Waals surface area contributed by atoms with Crippen molar-refractivity contribution in [2.24, 2.45) is 0 Å². The summed E-state index contributed by atoms with van der Waals surface area (Å²) in [4.78, 5) is 4.30. The van der Waals surface area contributed by atoms with Crippen molar-refractivity contribution >= 4 is 5.95 Å². The molecule has 0 saturated heterocycles. The van der Waals surface area contributed by atoms with Gasteiger partial charge in [0.1, 0.15) is 5.82 Å². The molecule has 5 heteroatoms. The first kappa shape index (κ1) is 14.5. The highest BCUT2D eigenvalue weighted by Crippen LogP contribution is 2.19. The Labute approximate surface area is 118 Å². The zero-order valence-corrected chi connectivity index (χ0v) is 11.8. The lowest BCUT2D eigenvalue weighted by Crippen LogP contribution is -2.12. The Bertz CT molecular complexity index is 541. The van der Waals surface area contributed by atoms with E-state index in [9.17, 15) is 4.39 Å². The average molecular weight is 277 g/mol. The third kappa shape index (κ3) is 3.81. The van der Waals surface area contributed by atoms with E-state index in [0.717, 1.165) is 31.1 Å². The van der Waals surface area contributed by atoms with Gasteiger partial charge in [0.15, 0.2) is 0 Å². The summed E-state index contributed by atoms with van der Waals surface area (Å²) >= 11 is 0. The van der Waals surface area contributed by atoms with Crippen LogP contribution in [0.3, 0.4) is 0 Å². The van der Waals surface area contributed by atoms with E-state index in [4.69, 9.17) is 4.74 Å². The number of hydrogen-bond donors (Lipinski definition) is 1. The van der Waals surface area contributed by atoms with E-state index < -0.39 is 0 Å². The number of halogens is 1. The van der Waals surface area contributed by atoms with E-state index in [1.165, 1.54) is 12.1 Å². The summed E-state index contributed by atoms with van der Waals surface area (Å²) in [6.07, 6.45) is 4.61. The predicted molar refractivity (Wildman–Crippen MR) is 77.2 cm³/mol. The monoisotopic (exact) mass is 277 g/mol. The lowest BCUT2D eigenvalue weighted by atomic mass is 10.1. The van der Waals surface area contributed by atoms with Crippen molar-refractivity contribution in [2.75, 3.05) is 19.0 Å². The zero-order valence-electron chi connectivity index (χ0n) is 11.8. The zero-order chi connectivity index (χ0) is 14.4. The molecule has 0 fully saturated rings. The number of aryl methyl sites for hydroxylation is 1. The molecule has 0 saturated carbocycles. The van der Waals surface area contributed by atoms with Crippen LogP contribution >= 0.6 is 0 Å². The first-order valence-electron chi connectivity index (χ1n) is 6.73. The van der Waals surface area contributed by atoms with E-state index in [0.29, 0.717) is 0 Å². The van der Waals surface area contributed by atoms with E-state index >= 15 is 0 Å². The maximum absolute atomic E-state index is 13.2. The summed E-state index contributed by atoms with van der Waals surface area (Å²) < 4.78 is 20.3. The second-order valence-electron chi connectivity index (χ2n) is 4.71. The molecule has 1 unspecified atom stereocenters. The minimum Gasteiger partial charge on any atom is -0.385 e. The van der Waals surface area contributed by atoms with Crippen molar-refractivity contribution in [1.82, 2.24) is 9.55 Å². The minimum atomic E-state index is -0.223. The van der Waals surface area contributed by atoms with Crippen molar-refractivity contribution in [1.29, 1.82) is 0 Å². The number of benzene rings is 1. The number of anilines is 1. The molecule has 20 heavy (non-hydrogen) atoms. The molecule has 1 aromatic heterocycles. The summed E-state index contributed by atoms with van der Waals surface area (Å²) in [5.41, 5.74) is 0.899. The summed E-state index contributed by atoms with van der Waals surface area (Å²) in [5.74, 6) is 0.567. The number of nitrogens with one attached hydrogen (secondary N) is 1. The molecular weight excluding hydrogens is 257 g/mol. The fraction of sp³-hybridized carbons (Fsp3) is 0.400. The van der Waals surface area contributed by atoms with E-state index in [2.05, 4.69) is 10.3 Å². The Hall–Kier alpha value is -1.88. The van der Waals surface area contributed by atoms with Gasteiger partial charge < -0.3 is 14.6 Å². The average Bonchev–Trinajstić information content (AvgIpc) is 2.86. The molecule has 1 N–H and O–H groups in total. The number of hydrogen-bond acceptors (Lipinski definition) is 3. The molecule has 2 aromatic rings. The second kappa shape index (κ2) is 7.05. The van der Waals surface area contributed by atoms with E-state index in [1.807, 2.05) is 23.8 Å². The summed E-state index contributed by atoms with van der Waals surface area (Å²) in [5, 5.41) is 3.31. The topological polar surface area (TPSA) is 39.1 Å². The van der Waals surface area contributed by atoms with Crippen molar-refractivity contribution in [3.8, 4) is 0 Å². The molecule has 0 bridgehead atoms. The van der Waals surface area contributed by atoms with Crippen LogP contribution in [-0.2, 0) is 11.3 Å². The van der Waals surface area contributed by atoms with Crippen molar-refractivity contribution < 1.29 is 9.13 Å². The van der Waals surface area contributed by atoms with Gasteiger partial charge in [0.05, 0.1) is 6.04 Å². The normalized spacial score (nSPS) is 12.3. The minimum absolute atomic E-state index is 0.00530. The Morgan fingerprint density at radius 1 is 1.45 bits per heavy atom. The molecular formula is C15H20FN3O. The van der Waals surface area contributed by atoms with Gasteiger partial charge >= 0.3 is 0 Å². The largest absolute Gasteiger partial charge is 0.385 e. The Morgan fingerprint density at radius 2 is 2.30 bits per heavy atom. The van der Waals surface area contributed by atoms with Crippen molar-refractivity contribution in [2.45, 2.75) is 25.9 Å². The third-order valence-corrected chi connectivity index (χ3v) is 3.16. The van der Waals surface area contributed by atoms with E-state index in [-0.39, 0.29) is 11.9 Å². The number of methoxy groups -OCH3 is 1. The van der Waals surface area contributed by atoms with Crippen LogP contribution < -0.4 is 5.32 Å². The highest BCUT2D eigenvalue weighted by molar-refractivity contribution is 5.32. The van der Waals surface area contributed by atoms with Gasteiger partial charge in [-0.25, -0.2) is 9.37 Å². The Balaban J connectivity index is 2.01. The first-order valence-corrected chi connectivity index (χ1v) is 6.73. The highest BCUT2D eigenvalue weighted by atomic mass is 19.1. The van der Waals surface area contributed by atoms with Gasteiger partial charge in [0, 0.05) is 32.7 Å². The molecule has 0 spiro atoms. The predicted octanol–water partition coefficient (Wildman–Crippen LogP) is 3.23. The number of aromatic nitrogens is 2. The number of nitrogens with zero attached hydrogens (tertiary/aromatic N) is 2. The van der Waals surface area contributed by atoms with Gasteiger partial charge in [-0.2, -0.15) is 0 Å². The molecule has 0 radical (unpaired) electrons. The van der Waals surface area contributed by atoms with Crippen LogP contribution in [0, 0.1) is 5.82 Å². The molecule has 0 aliphatic rings. The summed E-state index contributed by atoms with van der Waals surface area (Å²) in [6, 6.07) is 6.60. The van der Waals surface area contributed by atoms with Gasteiger partial charge in [-0.05, 0) is 31.0 Å². The lowest BCUT2D eigenvalue weighted by molar-refractivity contribution is 0.190. The molecule has 2 rings (SSSR count). The smallest absolute Gasteiger partial charge is 0.203 e. The Kier molecular flexibility index (Phi) is 5.12. The Morgan fingerprint density at radius 3 is 3.05 bits per heavy atom. The molecule has 1 atom stereocenters. The maximum Gasteiger partial charge on any atom is 0.203 e. The van der Waals surface area contributed by atoms with Crippen LogP contribution in [0.5, 0.6) is 0 Å². The summed E-state index contributed by atoms with van der Waals surface area (Å²) in [7, 11) is 1.69. The van der Waals surface area contributed by atoms with Crippen LogP contribution in [0.4, 0.5) is 10.3 Å². The van der Waals surface area contributed by atoms with Gasteiger partial charge in [0.2, 0.25) is 5.95 Å². The standard InChI is InChI=1S/C15H20FN3O/c1-12(13-5-3-6-14(16)11-13)18-15-17-7-9-19(15)8-4-10-20-2/h3,5-7,9,11-12H,4,8,10H2,1-2H3,(H,17,18). The SMILES string of the molecule is COCCCn1ccnc1NC(C)c1cccc(F)c1. The molecule has 0 amide bonds. The number of imidazole rings is 1. The van der Waals surface area contributed by atoms with Crippen LogP contribution in [0.15, 0.2) is 36.7 Å². The van der Waals surface area contributed by atoms with Gasteiger partial charge in [-0.15, -0.1) is 0 Å². The van der Waals surface area contributed by atoms with Crippen LogP contribution in [0.1, 0.15) is 24.9 Å². The molecule has 0 aliphatic heterocycles. The van der Waals surface area contributed by atoms with E-state index in [1.54, 1.807) is 19.4 Å². The lowest BCUT2D eigenvalue weighted by Gasteiger charge is -2.16. The number of rotatable bonds is 7. The highest BCUT2D eigenvalue weighted by Gasteiger charge is 2.09. The molecule has 1 heterocycles. The first-order chi connectivity index (χ1) is 9.70. The van der Waals surface area contributed by atoms with Crippen LogP contribution in [0.25, 0.3) is 0 Å². The van der Waals surface area contributed by atoms with Crippen molar-refractivity contribution in [3.05, 3.63) is 48.0 Å². The molecule has 4 nitrogen and oxygen atoms in total. The van der Waals surface area contributed by atoms with Gasteiger partial charge in [-0.3, -0.25) is 0 Å². The quantitative estimate of drug-likeness (QED) is 0.790. The van der Waals surface area contributed by atoms with Gasteiger partial charge in [0.25, 0.3) is 0 Å². The van der Waals surface area contributed by atoms with Gasteiger partial charge in [-0.1, -0.05) is 12.1 Å². The molecule has 0 aliphatic carbocycles. The molecule has 108 valence electrons. The summed E-state index contributed by atoms with van der Waals surface area (Å²) in [6.45, 7) is 3.55. The number of ether oxygens (including phenoxy) is 1. The second-order valence-corrected chi connectivity index (χ2v) is 4.71.